The Morgan fingerprint density at radius 3 is 2.83 bits per heavy atom. The maximum absolute atomic E-state index is 12.0. The predicted octanol–water partition coefficient (Wildman–Crippen LogP) is 2.67. The molecule has 0 saturated carbocycles. The van der Waals surface area contributed by atoms with Gasteiger partial charge in [0.05, 0.1) is 22.6 Å². The summed E-state index contributed by atoms with van der Waals surface area (Å²) in [4.78, 5) is 22.1. The van der Waals surface area contributed by atoms with Gasteiger partial charge in [-0.1, -0.05) is 22.0 Å². The first-order chi connectivity index (χ1) is 10.9. The van der Waals surface area contributed by atoms with E-state index in [1.54, 1.807) is 32.0 Å². The molecule has 0 bridgehead atoms. The number of nitrogens with zero attached hydrogens (tertiary/aromatic N) is 4. The molecule has 1 amide bonds. The number of nitro groups is 1. The summed E-state index contributed by atoms with van der Waals surface area (Å²) in [6, 6.07) is 8.31. The fraction of sp³-hybridized carbons (Fsp3) is 0.214. The average molecular weight is 380 g/mol. The van der Waals surface area contributed by atoms with Crippen molar-refractivity contribution in [3.05, 3.63) is 56.2 Å². The number of hydrazone groups is 1. The second-order valence-electron chi connectivity index (χ2n) is 4.86. The first kappa shape index (κ1) is 16.8. The van der Waals surface area contributed by atoms with Crippen LogP contribution in [0.4, 0.5) is 5.82 Å². The normalized spacial score (nSPS) is 11.3. The molecule has 120 valence electrons. The number of carbonyl (C=O) groups is 1. The molecule has 0 aliphatic carbocycles. The quantitative estimate of drug-likeness (QED) is 0.489. The fourth-order valence-corrected chi connectivity index (χ4v) is 2.23. The van der Waals surface area contributed by atoms with Gasteiger partial charge < -0.3 is 10.1 Å². The fourth-order valence-electron chi connectivity index (χ4n) is 1.83. The van der Waals surface area contributed by atoms with Gasteiger partial charge in [0, 0.05) is 10.0 Å². The molecular weight excluding hydrogens is 366 g/mol. The molecule has 0 spiro atoms. The van der Waals surface area contributed by atoms with Crippen LogP contribution in [-0.2, 0) is 6.54 Å². The molecule has 2 aromatic rings. The lowest BCUT2D eigenvalue weighted by Crippen LogP contribution is -2.21. The summed E-state index contributed by atoms with van der Waals surface area (Å²) in [7, 11) is 0. The highest BCUT2D eigenvalue weighted by atomic mass is 79.9. The maximum atomic E-state index is 12.0. The van der Waals surface area contributed by atoms with Gasteiger partial charge >= 0.3 is 5.82 Å². The lowest BCUT2D eigenvalue weighted by Gasteiger charge is -2.03. The van der Waals surface area contributed by atoms with E-state index in [9.17, 15) is 14.9 Å². The lowest BCUT2D eigenvalue weighted by molar-refractivity contribution is -0.389. The van der Waals surface area contributed by atoms with Crippen LogP contribution in [0.3, 0.4) is 0 Å². The number of aromatic nitrogens is 2. The van der Waals surface area contributed by atoms with Gasteiger partial charge in [-0.15, -0.1) is 0 Å². The molecule has 1 aromatic carbocycles. The Hall–Kier alpha value is -2.55. The number of halogens is 1. The van der Waals surface area contributed by atoms with E-state index < -0.39 is 4.92 Å². The molecule has 0 aliphatic heterocycles. The van der Waals surface area contributed by atoms with Gasteiger partial charge in [0.2, 0.25) is 0 Å². The predicted molar refractivity (Wildman–Crippen MR) is 88.3 cm³/mol. The van der Waals surface area contributed by atoms with Crippen molar-refractivity contribution in [1.29, 1.82) is 0 Å². The third-order valence-corrected chi connectivity index (χ3v) is 3.46. The Morgan fingerprint density at radius 1 is 1.48 bits per heavy atom. The largest absolute Gasteiger partial charge is 0.390 e. The van der Waals surface area contributed by atoms with E-state index in [-0.39, 0.29) is 18.3 Å². The number of carbonyl (C=O) groups excluding carboxylic acids is 1. The minimum atomic E-state index is -0.551. The Kier molecular flexibility index (Phi) is 5.22. The van der Waals surface area contributed by atoms with E-state index in [0.717, 1.165) is 4.47 Å². The minimum absolute atomic E-state index is 0.214. The molecule has 0 radical (unpaired) electrons. The van der Waals surface area contributed by atoms with Crippen molar-refractivity contribution >= 4 is 33.4 Å². The minimum Gasteiger partial charge on any atom is -0.358 e. The number of hydrogen-bond donors (Lipinski definition) is 1. The van der Waals surface area contributed by atoms with Crippen LogP contribution in [0.15, 0.2) is 39.9 Å². The molecule has 0 fully saturated rings. The van der Waals surface area contributed by atoms with Crippen LogP contribution in [-0.4, -0.2) is 26.3 Å². The van der Waals surface area contributed by atoms with Gasteiger partial charge in [0.25, 0.3) is 5.91 Å². The third kappa shape index (κ3) is 4.46. The van der Waals surface area contributed by atoms with Crippen molar-refractivity contribution in [2.75, 3.05) is 0 Å². The van der Waals surface area contributed by atoms with Gasteiger partial charge in [-0.05, 0) is 37.0 Å². The number of aryl methyl sites for hydroxylation is 1. The first-order valence-electron chi connectivity index (χ1n) is 6.64. The number of amides is 1. The van der Waals surface area contributed by atoms with Gasteiger partial charge in [-0.2, -0.15) is 9.78 Å². The summed E-state index contributed by atoms with van der Waals surface area (Å²) in [6.07, 6.45) is 0. The summed E-state index contributed by atoms with van der Waals surface area (Å²) in [6.45, 7) is 3.67. The molecule has 2 rings (SSSR count). The van der Waals surface area contributed by atoms with E-state index in [4.69, 9.17) is 0 Å². The molecular formula is C14H14BrN5O3. The molecule has 1 N–H and O–H groups in total. The first-order valence-corrected chi connectivity index (χ1v) is 7.44. The van der Waals surface area contributed by atoms with Gasteiger partial charge in [-0.25, -0.2) is 5.43 Å². The summed E-state index contributed by atoms with van der Waals surface area (Å²) in [5.74, 6) is -0.553. The highest BCUT2D eigenvalue weighted by Gasteiger charge is 2.15. The summed E-state index contributed by atoms with van der Waals surface area (Å²) in [5, 5.41) is 18.5. The molecule has 8 nitrogen and oxygen atoms in total. The number of benzene rings is 1. The zero-order valence-electron chi connectivity index (χ0n) is 12.5. The lowest BCUT2D eigenvalue weighted by atomic mass is 10.2. The van der Waals surface area contributed by atoms with Gasteiger partial charge in [0.15, 0.2) is 0 Å². The molecule has 0 saturated heterocycles. The van der Waals surface area contributed by atoms with Crippen molar-refractivity contribution in [2.45, 2.75) is 20.4 Å². The maximum Gasteiger partial charge on any atom is 0.390 e. The zero-order valence-corrected chi connectivity index (χ0v) is 14.1. The van der Waals surface area contributed by atoms with Gasteiger partial charge in [0.1, 0.15) is 6.54 Å². The molecule has 0 aliphatic rings. The monoisotopic (exact) mass is 379 g/mol. The smallest absolute Gasteiger partial charge is 0.358 e. The molecule has 0 unspecified atom stereocenters. The molecule has 0 atom stereocenters. The second-order valence-corrected chi connectivity index (χ2v) is 5.77. The van der Waals surface area contributed by atoms with Crippen LogP contribution in [0.2, 0.25) is 0 Å². The summed E-state index contributed by atoms with van der Waals surface area (Å²) < 4.78 is 2.26. The van der Waals surface area contributed by atoms with E-state index in [1.165, 1.54) is 10.7 Å². The van der Waals surface area contributed by atoms with Crippen molar-refractivity contribution in [1.82, 2.24) is 15.2 Å². The number of rotatable bonds is 5. The van der Waals surface area contributed by atoms with Crippen molar-refractivity contribution in [2.24, 2.45) is 5.10 Å². The standard InChI is InChI=1S/C14H14BrN5O3/c1-9(8-19-10(2)6-13(18-19)20(22)23)16-17-14(21)11-4-3-5-12(15)7-11/h3-7H,8H2,1-2H3,(H,17,21)/b16-9-. The van der Waals surface area contributed by atoms with E-state index in [0.29, 0.717) is 17.0 Å². The van der Waals surface area contributed by atoms with Crippen LogP contribution >= 0.6 is 15.9 Å². The SMILES string of the molecule is C/C(Cn1nc([N+](=O)[O-])cc1C)=N/NC(=O)c1cccc(Br)c1. The topological polar surface area (TPSA) is 102 Å². The van der Waals surface area contributed by atoms with Crippen molar-refractivity contribution < 1.29 is 9.72 Å². The number of nitrogens with one attached hydrogen (secondary N) is 1. The van der Waals surface area contributed by atoms with Crippen LogP contribution < -0.4 is 5.43 Å². The summed E-state index contributed by atoms with van der Waals surface area (Å²) >= 11 is 3.29. The van der Waals surface area contributed by atoms with Crippen LogP contribution in [0.5, 0.6) is 0 Å². The van der Waals surface area contributed by atoms with E-state index >= 15 is 0 Å². The summed E-state index contributed by atoms with van der Waals surface area (Å²) in [5.41, 5.74) is 4.13. The Morgan fingerprint density at radius 2 is 2.22 bits per heavy atom. The molecule has 1 aromatic heterocycles. The van der Waals surface area contributed by atoms with E-state index in [2.05, 4.69) is 31.6 Å². The van der Waals surface area contributed by atoms with E-state index in [1.807, 2.05) is 6.07 Å². The Bertz CT molecular complexity index is 784. The van der Waals surface area contributed by atoms with Crippen LogP contribution in [0.25, 0.3) is 0 Å². The average Bonchev–Trinajstić information content (AvgIpc) is 2.86. The van der Waals surface area contributed by atoms with Gasteiger partial charge in [-0.3, -0.25) is 4.79 Å². The third-order valence-electron chi connectivity index (χ3n) is 2.97. The van der Waals surface area contributed by atoms with Crippen LogP contribution in [0.1, 0.15) is 23.0 Å². The molecule has 9 heteroatoms. The van der Waals surface area contributed by atoms with Crippen molar-refractivity contribution in [3.8, 4) is 0 Å². The molecule has 23 heavy (non-hydrogen) atoms. The highest BCUT2D eigenvalue weighted by Crippen LogP contribution is 2.12. The highest BCUT2D eigenvalue weighted by molar-refractivity contribution is 9.10. The van der Waals surface area contributed by atoms with Crippen molar-refractivity contribution in [3.63, 3.8) is 0 Å². The second kappa shape index (κ2) is 7.14. The Balaban J connectivity index is 2.03. The van der Waals surface area contributed by atoms with Crippen LogP contribution in [0, 0.1) is 17.0 Å². The molecule has 1 heterocycles. The number of hydrogen-bond acceptors (Lipinski definition) is 5. The zero-order chi connectivity index (χ0) is 17.0. The Labute approximate surface area is 140 Å².